The maximum Gasteiger partial charge on any atom is 0.156 e. The van der Waals surface area contributed by atoms with Gasteiger partial charge in [0.05, 0.1) is 5.56 Å². The van der Waals surface area contributed by atoms with Crippen LogP contribution in [-0.4, -0.2) is 52.2 Å². The Bertz CT molecular complexity index is 1250. The zero-order chi connectivity index (χ0) is 23.2. The maximum atomic E-state index is 9.70. The molecule has 0 unspecified atom stereocenters. The minimum absolute atomic E-state index is 0.625. The number of benzene rings is 2. The normalized spacial score (nSPS) is 14.4. The summed E-state index contributed by atoms with van der Waals surface area (Å²) in [5.41, 5.74) is 5.10. The predicted octanol–water partition coefficient (Wildman–Crippen LogP) is 4.30. The highest BCUT2D eigenvalue weighted by atomic mass is 15.3. The first kappa shape index (κ1) is 22.1. The fourth-order valence-corrected chi connectivity index (χ4v) is 4.82. The molecule has 3 heterocycles. The highest BCUT2D eigenvalue weighted by molar-refractivity contribution is 5.91. The van der Waals surface area contributed by atoms with Crippen molar-refractivity contribution in [2.24, 2.45) is 0 Å². The second kappa shape index (κ2) is 10.5. The quantitative estimate of drug-likeness (QED) is 0.401. The number of rotatable bonds is 8. The highest BCUT2D eigenvalue weighted by Gasteiger charge is 2.23. The summed E-state index contributed by atoms with van der Waals surface area (Å²) in [5.74, 6) is 0.953. The van der Waals surface area contributed by atoms with Crippen LogP contribution in [0.4, 0.5) is 5.82 Å². The molecule has 1 aliphatic rings. The highest BCUT2D eigenvalue weighted by Crippen LogP contribution is 2.28. The molecule has 2 aromatic carbocycles. The molecule has 6 heteroatoms. The number of aryl methyl sites for hydroxylation is 2. The van der Waals surface area contributed by atoms with Crippen LogP contribution in [0.25, 0.3) is 11.0 Å². The molecule has 34 heavy (non-hydrogen) atoms. The smallest absolute Gasteiger partial charge is 0.156 e. The Morgan fingerprint density at radius 2 is 1.47 bits per heavy atom. The molecule has 0 bridgehead atoms. The number of aromatic nitrogens is 3. The predicted molar refractivity (Wildman–Crippen MR) is 136 cm³/mol. The van der Waals surface area contributed by atoms with Gasteiger partial charge in [0.15, 0.2) is 5.82 Å². The van der Waals surface area contributed by atoms with Crippen LogP contribution in [0.15, 0.2) is 73.2 Å². The van der Waals surface area contributed by atoms with Gasteiger partial charge in [-0.1, -0.05) is 60.7 Å². The molecule has 1 aliphatic heterocycles. The monoisotopic (exact) mass is 450 g/mol. The van der Waals surface area contributed by atoms with Gasteiger partial charge in [-0.15, -0.1) is 0 Å². The Morgan fingerprint density at radius 1 is 0.794 bits per heavy atom. The summed E-state index contributed by atoms with van der Waals surface area (Å²) in [4.78, 5) is 14.1. The largest absolute Gasteiger partial charge is 0.352 e. The Kier molecular flexibility index (Phi) is 6.83. The second-order valence-electron chi connectivity index (χ2n) is 8.90. The Morgan fingerprint density at radius 3 is 2.15 bits per heavy atom. The van der Waals surface area contributed by atoms with Gasteiger partial charge < -0.3 is 9.47 Å². The van der Waals surface area contributed by atoms with Crippen molar-refractivity contribution >= 4 is 16.9 Å². The van der Waals surface area contributed by atoms with Crippen molar-refractivity contribution in [2.75, 3.05) is 37.6 Å². The zero-order valence-electron chi connectivity index (χ0n) is 19.5. The third kappa shape index (κ3) is 4.95. The van der Waals surface area contributed by atoms with Crippen molar-refractivity contribution < 1.29 is 0 Å². The van der Waals surface area contributed by atoms with E-state index in [0.717, 1.165) is 75.4 Å². The van der Waals surface area contributed by atoms with Crippen LogP contribution >= 0.6 is 0 Å². The first-order valence-electron chi connectivity index (χ1n) is 12.1. The summed E-state index contributed by atoms with van der Waals surface area (Å²) in [5, 5.41) is 9.70. The Hall–Kier alpha value is -3.69. The van der Waals surface area contributed by atoms with E-state index >= 15 is 0 Å². The third-order valence-electron chi connectivity index (χ3n) is 6.69. The molecule has 5 rings (SSSR count). The summed E-state index contributed by atoms with van der Waals surface area (Å²) in [6, 6.07) is 23.6. The third-order valence-corrected chi connectivity index (χ3v) is 6.69. The molecule has 172 valence electrons. The average molecular weight is 451 g/mol. The van der Waals surface area contributed by atoms with Crippen molar-refractivity contribution in [3.05, 3.63) is 89.9 Å². The van der Waals surface area contributed by atoms with E-state index in [0.29, 0.717) is 5.56 Å². The van der Waals surface area contributed by atoms with Crippen molar-refractivity contribution in [2.45, 2.75) is 25.8 Å². The fraction of sp³-hybridized carbons (Fsp3) is 0.321. The minimum atomic E-state index is 0.625. The molecule has 2 aromatic heterocycles. The number of hydrogen-bond donors (Lipinski definition) is 0. The van der Waals surface area contributed by atoms with E-state index in [1.54, 1.807) is 6.33 Å². The molecule has 0 radical (unpaired) electrons. The number of nitrogens with zero attached hydrogens (tertiary/aromatic N) is 6. The van der Waals surface area contributed by atoms with E-state index in [-0.39, 0.29) is 0 Å². The first-order chi connectivity index (χ1) is 16.8. The van der Waals surface area contributed by atoms with Crippen molar-refractivity contribution in [1.82, 2.24) is 19.4 Å². The van der Waals surface area contributed by atoms with Crippen molar-refractivity contribution in [3.63, 3.8) is 0 Å². The van der Waals surface area contributed by atoms with E-state index < -0.39 is 0 Å². The van der Waals surface area contributed by atoms with Gasteiger partial charge in [0.25, 0.3) is 0 Å². The van der Waals surface area contributed by atoms with Crippen LogP contribution in [0, 0.1) is 11.3 Å². The lowest BCUT2D eigenvalue weighted by atomic mass is 10.1. The van der Waals surface area contributed by atoms with Crippen LogP contribution in [0.2, 0.25) is 0 Å². The molecular formula is C28H30N6. The van der Waals surface area contributed by atoms with Crippen molar-refractivity contribution in [1.29, 1.82) is 5.26 Å². The summed E-state index contributed by atoms with van der Waals surface area (Å²) < 4.78 is 2.19. The lowest BCUT2D eigenvalue weighted by Crippen LogP contribution is -2.47. The van der Waals surface area contributed by atoms with Gasteiger partial charge in [0.1, 0.15) is 23.4 Å². The van der Waals surface area contributed by atoms with Crippen LogP contribution in [0.3, 0.4) is 0 Å². The maximum absolute atomic E-state index is 9.70. The first-order valence-corrected chi connectivity index (χ1v) is 12.1. The summed E-state index contributed by atoms with van der Waals surface area (Å²) >= 11 is 0. The van der Waals surface area contributed by atoms with Crippen LogP contribution in [-0.2, 0) is 19.4 Å². The molecule has 0 aliphatic carbocycles. The molecule has 0 saturated carbocycles. The Balaban J connectivity index is 1.28. The van der Waals surface area contributed by atoms with Crippen LogP contribution in [0.5, 0.6) is 0 Å². The molecule has 0 spiro atoms. The van der Waals surface area contributed by atoms with E-state index in [2.05, 4.69) is 85.0 Å². The number of fused-ring (bicyclic) bond motifs is 1. The molecule has 1 saturated heterocycles. The van der Waals surface area contributed by atoms with Crippen LogP contribution in [0.1, 0.15) is 23.1 Å². The van der Waals surface area contributed by atoms with Gasteiger partial charge in [-0.3, -0.25) is 4.90 Å². The van der Waals surface area contributed by atoms with E-state index in [1.165, 1.54) is 11.1 Å². The molecular weight excluding hydrogens is 420 g/mol. The van der Waals surface area contributed by atoms with Gasteiger partial charge in [0, 0.05) is 45.5 Å². The molecule has 1 fully saturated rings. The molecule has 4 aromatic rings. The standard InChI is InChI=1S/C28H30N6/c29-20-25-21-34(14-7-12-23-8-3-1-4-9-23)27-26(25)30-22-31-28(27)33-18-16-32(17-19-33)15-13-24-10-5-2-6-11-24/h1-6,8-11,21-22H,7,12-19H2. The Labute approximate surface area is 201 Å². The van der Waals surface area contributed by atoms with Gasteiger partial charge in [-0.25, -0.2) is 9.97 Å². The van der Waals surface area contributed by atoms with Gasteiger partial charge >= 0.3 is 0 Å². The fourth-order valence-electron chi connectivity index (χ4n) is 4.82. The minimum Gasteiger partial charge on any atom is -0.352 e. The van der Waals surface area contributed by atoms with Gasteiger partial charge in [0.2, 0.25) is 0 Å². The SMILES string of the molecule is N#Cc1cn(CCCc2ccccc2)c2c(N3CCN(CCc4ccccc4)CC3)ncnc12. The summed E-state index contributed by atoms with van der Waals surface area (Å²) in [7, 11) is 0. The topological polar surface area (TPSA) is 61.0 Å². The van der Waals surface area contributed by atoms with E-state index in [9.17, 15) is 5.26 Å². The van der Waals surface area contributed by atoms with E-state index in [1.807, 2.05) is 12.3 Å². The van der Waals surface area contributed by atoms with Crippen LogP contribution < -0.4 is 4.90 Å². The molecule has 0 amide bonds. The number of piperazine rings is 1. The molecule has 0 atom stereocenters. The zero-order valence-corrected chi connectivity index (χ0v) is 19.5. The van der Waals surface area contributed by atoms with Crippen molar-refractivity contribution in [3.8, 4) is 6.07 Å². The molecule has 6 nitrogen and oxygen atoms in total. The summed E-state index contributed by atoms with van der Waals surface area (Å²) in [6.45, 7) is 5.79. The van der Waals surface area contributed by atoms with Gasteiger partial charge in [-0.2, -0.15) is 5.26 Å². The second-order valence-corrected chi connectivity index (χ2v) is 8.90. The number of anilines is 1. The lowest BCUT2D eigenvalue weighted by Gasteiger charge is -2.35. The number of hydrogen-bond acceptors (Lipinski definition) is 5. The average Bonchev–Trinajstić information content (AvgIpc) is 3.27. The van der Waals surface area contributed by atoms with E-state index in [4.69, 9.17) is 0 Å². The lowest BCUT2D eigenvalue weighted by molar-refractivity contribution is 0.260. The molecule has 0 N–H and O–H groups in total. The summed E-state index contributed by atoms with van der Waals surface area (Å²) in [6.07, 6.45) is 6.64. The number of nitriles is 1. The van der Waals surface area contributed by atoms with Gasteiger partial charge in [-0.05, 0) is 30.4 Å².